The van der Waals surface area contributed by atoms with E-state index in [4.69, 9.17) is 5.26 Å². The van der Waals surface area contributed by atoms with Crippen LogP contribution in [-0.4, -0.2) is 90.4 Å². The van der Waals surface area contributed by atoms with E-state index in [1.807, 2.05) is 16.7 Å². The van der Waals surface area contributed by atoms with Gasteiger partial charge in [-0.3, -0.25) is 9.69 Å². The first-order valence-electron chi connectivity index (χ1n) is 8.45. The normalized spacial score (nSPS) is 20.0. The third-order valence-corrected chi connectivity index (χ3v) is 4.85. The van der Waals surface area contributed by atoms with Gasteiger partial charge in [0.05, 0.1) is 19.0 Å². The zero-order chi connectivity index (χ0) is 16.8. The van der Waals surface area contributed by atoms with Crippen LogP contribution in [-0.2, 0) is 4.79 Å². The summed E-state index contributed by atoms with van der Waals surface area (Å²) in [6, 6.07) is 2.53. The van der Waals surface area contributed by atoms with E-state index in [2.05, 4.69) is 11.0 Å². The fourth-order valence-corrected chi connectivity index (χ4v) is 3.28. The molecule has 0 spiro atoms. The van der Waals surface area contributed by atoms with Crippen molar-refractivity contribution in [2.24, 2.45) is 0 Å². The number of carbonyl (C=O) groups excluding carboxylic acids is 2. The topological polar surface area (TPSA) is 70.9 Å². The van der Waals surface area contributed by atoms with Crippen LogP contribution in [0.3, 0.4) is 0 Å². The van der Waals surface area contributed by atoms with Gasteiger partial charge < -0.3 is 14.7 Å². The molecule has 0 aromatic carbocycles. The number of nitriles is 1. The van der Waals surface area contributed by atoms with E-state index in [0.29, 0.717) is 25.6 Å². The lowest BCUT2D eigenvalue weighted by Crippen LogP contribution is -2.48. The highest BCUT2D eigenvalue weighted by Gasteiger charge is 2.34. The van der Waals surface area contributed by atoms with Crippen LogP contribution in [0.4, 0.5) is 4.79 Å². The van der Waals surface area contributed by atoms with Crippen molar-refractivity contribution in [2.75, 3.05) is 52.9 Å². The molecular weight excluding hydrogens is 294 g/mol. The van der Waals surface area contributed by atoms with E-state index >= 15 is 0 Å². The van der Waals surface area contributed by atoms with Gasteiger partial charge in [0.1, 0.15) is 0 Å². The van der Waals surface area contributed by atoms with Crippen molar-refractivity contribution < 1.29 is 9.59 Å². The van der Waals surface area contributed by atoms with Crippen molar-refractivity contribution in [2.45, 2.75) is 32.2 Å². The molecule has 2 fully saturated rings. The molecule has 2 aliphatic rings. The minimum atomic E-state index is 0.0631. The summed E-state index contributed by atoms with van der Waals surface area (Å²) in [5.41, 5.74) is 0. The maximum atomic E-state index is 12.2. The van der Waals surface area contributed by atoms with Crippen molar-refractivity contribution in [1.82, 2.24) is 19.6 Å². The quantitative estimate of drug-likeness (QED) is 0.717. The van der Waals surface area contributed by atoms with Crippen LogP contribution in [0.25, 0.3) is 0 Å². The molecule has 2 heterocycles. The summed E-state index contributed by atoms with van der Waals surface area (Å²) < 4.78 is 0. The summed E-state index contributed by atoms with van der Waals surface area (Å²) >= 11 is 0. The number of likely N-dealkylation sites (N-methyl/N-ethyl adjacent to an activating group) is 2. The average molecular weight is 321 g/mol. The van der Waals surface area contributed by atoms with Gasteiger partial charge in [-0.1, -0.05) is 0 Å². The summed E-state index contributed by atoms with van der Waals surface area (Å²) in [6.07, 6.45) is 2.23. The van der Waals surface area contributed by atoms with Crippen LogP contribution in [0.2, 0.25) is 0 Å². The van der Waals surface area contributed by atoms with E-state index in [1.165, 1.54) is 0 Å². The average Bonchev–Trinajstić information content (AvgIpc) is 2.94. The number of carbonyl (C=O) groups is 2. The lowest BCUT2D eigenvalue weighted by atomic mass is 10.0. The number of rotatable bonds is 6. The van der Waals surface area contributed by atoms with Crippen LogP contribution in [0.5, 0.6) is 0 Å². The molecule has 2 rings (SSSR count). The van der Waals surface area contributed by atoms with Gasteiger partial charge >= 0.3 is 6.03 Å². The Balaban J connectivity index is 1.75. The monoisotopic (exact) mass is 321 g/mol. The number of amides is 3. The van der Waals surface area contributed by atoms with Crippen LogP contribution >= 0.6 is 0 Å². The molecule has 2 aliphatic heterocycles. The molecule has 0 atom stereocenters. The second kappa shape index (κ2) is 8.16. The first kappa shape index (κ1) is 17.5. The maximum absolute atomic E-state index is 12.2. The predicted octanol–water partition coefficient (Wildman–Crippen LogP) is 0.580. The molecule has 0 bridgehead atoms. The second-order valence-electron chi connectivity index (χ2n) is 6.29. The Hall–Kier alpha value is -1.81. The highest BCUT2D eigenvalue weighted by Crippen LogP contribution is 2.21. The molecule has 7 heteroatoms. The molecule has 0 aliphatic carbocycles. The fraction of sp³-hybridized carbons (Fsp3) is 0.812. The number of hydrogen-bond acceptors (Lipinski definition) is 4. The van der Waals surface area contributed by atoms with Crippen LogP contribution in [0.1, 0.15) is 26.2 Å². The standard InChI is InChI=1S/C16H27N5O2/c1-3-20-11-12-21(16(20)23)14-5-9-19(10-6-14)13-15(22)18(2)8-4-7-17/h14H,3-6,8-13H2,1-2H3. The van der Waals surface area contributed by atoms with Gasteiger partial charge in [-0.2, -0.15) is 5.26 Å². The Kier molecular flexibility index (Phi) is 6.22. The van der Waals surface area contributed by atoms with E-state index in [1.54, 1.807) is 11.9 Å². The Labute approximate surface area is 138 Å². The highest BCUT2D eigenvalue weighted by atomic mass is 16.2. The summed E-state index contributed by atoms with van der Waals surface area (Å²) in [7, 11) is 1.74. The van der Waals surface area contributed by atoms with Gasteiger partial charge in [0.15, 0.2) is 0 Å². The first-order chi connectivity index (χ1) is 11.1. The Morgan fingerprint density at radius 3 is 2.57 bits per heavy atom. The van der Waals surface area contributed by atoms with Gasteiger partial charge in [-0.15, -0.1) is 0 Å². The van der Waals surface area contributed by atoms with Gasteiger partial charge in [0.2, 0.25) is 5.91 Å². The molecule has 2 saturated heterocycles. The number of likely N-dealkylation sites (tertiary alicyclic amines) is 1. The van der Waals surface area contributed by atoms with Crippen molar-refractivity contribution >= 4 is 11.9 Å². The Morgan fingerprint density at radius 1 is 1.30 bits per heavy atom. The summed E-state index contributed by atoms with van der Waals surface area (Å²) in [5, 5.41) is 8.58. The molecular formula is C16H27N5O2. The lowest BCUT2D eigenvalue weighted by molar-refractivity contribution is -0.131. The van der Waals surface area contributed by atoms with Crippen molar-refractivity contribution in [3.63, 3.8) is 0 Å². The van der Waals surface area contributed by atoms with Crippen molar-refractivity contribution in [3.8, 4) is 6.07 Å². The van der Waals surface area contributed by atoms with E-state index in [0.717, 1.165) is 45.6 Å². The Morgan fingerprint density at radius 2 is 2.00 bits per heavy atom. The number of nitrogens with zero attached hydrogens (tertiary/aromatic N) is 5. The highest BCUT2D eigenvalue weighted by molar-refractivity contribution is 5.78. The Bertz CT molecular complexity index is 468. The fourth-order valence-electron chi connectivity index (χ4n) is 3.28. The molecule has 128 valence electrons. The lowest BCUT2D eigenvalue weighted by Gasteiger charge is -2.36. The molecule has 0 aromatic rings. The SMILES string of the molecule is CCN1CCN(C2CCN(CC(=O)N(C)CCC#N)CC2)C1=O. The third kappa shape index (κ3) is 4.35. The zero-order valence-electron chi connectivity index (χ0n) is 14.2. The molecule has 23 heavy (non-hydrogen) atoms. The van der Waals surface area contributed by atoms with Gasteiger partial charge in [0.25, 0.3) is 0 Å². The molecule has 0 unspecified atom stereocenters. The minimum absolute atomic E-state index is 0.0631. The maximum Gasteiger partial charge on any atom is 0.320 e. The van der Waals surface area contributed by atoms with Gasteiger partial charge in [-0.25, -0.2) is 4.79 Å². The molecule has 0 radical (unpaired) electrons. The minimum Gasteiger partial charge on any atom is -0.344 e. The number of hydrogen-bond donors (Lipinski definition) is 0. The largest absolute Gasteiger partial charge is 0.344 e. The van der Waals surface area contributed by atoms with Crippen molar-refractivity contribution in [3.05, 3.63) is 0 Å². The summed E-state index contributed by atoms with van der Waals surface area (Å²) in [6.45, 7) is 7.03. The predicted molar refractivity (Wildman–Crippen MR) is 86.7 cm³/mol. The van der Waals surface area contributed by atoms with Gasteiger partial charge in [0, 0.05) is 52.4 Å². The summed E-state index contributed by atoms with van der Waals surface area (Å²) in [4.78, 5) is 32.0. The van der Waals surface area contributed by atoms with Crippen LogP contribution < -0.4 is 0 Å². The molecule has 0 N–H and O–H groups in total. The molecule has 0 saturated carbocycles. The summed E-state index contributed by atoms with van der Waals surface area (Å²) in [5.74, 6) is 0.0631. The first-order valence-corrected chi connectivity index (χ1v) is 8.45. The molecule has 3 amide bonds. The number of urea groups is 1. The second-order valence-corrected chi connectivity index (χ2v) is 6.29. The van der Waals surface area contributed by atoms with E-state index in [9.17, 15) is 9.59 Å². The molecule has 7 nitrogen and oxygen atoms in total. The third-order valence-electron chi connectivity index (χ3n) is 4.85. The zero-order valence-corrected chi connectivity index (χ0v) is 14.2. The van der Waals surface area contributed by atoms with Crippen LogP contribution in [0, 0.1) is 11.3 Å². The molecule has 0 aromatic heterocycles. The van der Waals surface area contributed by atoms with E-state index < -0.39 is 0 Å². The smallest absolute Gasteiger partial charge is 0.320 e. The van der Waals surface area contributed by atoms with E-state index in [-0.39, 0.29) is 11.9 Å². The van der Waals surface area contributed by atoms with Gasteiger partial charge in [-0.05, 0) is 19.8 Å². The van der Waals surface area contributed by atoms with Crippen molar-refractivity contribution in [1.29, 1.82) is 5.26 Å². The van der Waals surface area contributed by atoms with Crippen LogP contribution in [0.15, 0.2) is 0 Å². The number of piperidine rings is 1.